The van der Waals surface area contributed by atoms with Gasteiger partial charge in [0.25, 0.3) is 0 Å². The van der Waals surface area contributed by atoms with Crippen LogP contribution >= 0.6 is 12.4 Å². The van der Waals surface area contributed by atoms with Gasteiger partial charge in [-0.05, 0) is 14.0 Å². The fourth-order valence-corrected chi connectivity index (χ4v) is 0.231. The Bertz CT molecular complexity index is 116. The van der Waals surface area contributed by atoms with Crippen molar-refractivity contribution in [3.8, 4) is 0 Å². The van der Waals surface area contributed by atoms with Crippen LogP contribution in [0.15, 0.2) is 0 Å². The van der Waals surface area contributed by atoms with Gasteiger partial charge in [-0.3, -0.25) is 4.79 Å². The molecule has 3 nitrogen and oxygen atoms in total. The molecule has 0 aliphatic heterocycles. The maximum atomic E-state index is 11.8. The number of likely N-dealkylation sites (N-methyl/N-ethyl adjacent to an activating group) is 1. The molecule has 0 aliphatic rings. The van der Waals surface area contributed by atoms with E-state index in [1.54, 1.807) is 0 Å². The molecular weight excluding hydrogens is 160 g/mol. The summed E-state index contributed by atoms with van der Waals surface area (Å²) in [5.74, 6) is -1.17. The zero-order valence-electron chi connectivity index (χ0n) is 5.85. The van der Waals surface area contributed by atoms with E-state index in [-0.39, 0.29) is 12.4 Å². The Hall–Kier alpha value is -0.350. The van der Waals surface area contributed by atoms with Crippen molar-refractivity contribution in [1.29, 1.82) is 0 Å². The lowest BCUT2D eigenvalue weighted by Gasteiger charge is -2.18. The second-order valence-electron chi connectivity index (χ2n) is 2.02. The highest BCUT2D eigenvalue weighted by Gasteiger charge is 2.30. The molecular formula is C5H11ClFNO2. The van der Waals surface area contributed by atoms with E-state index in [1.165, 1.54) is 14.0 Å². The second-order valence-corrected chi connectivity index (χ2v) is 2.02. The number of halogens is 2. The van der Waals surface area contributed by atoms with Gasteiger partial charge in [0, 0.05) is 0 Å². The molecule has 0 unspecified atom stereocenters. The second kappa shape index (κ2) is 4.46. The Morgan fingerprint density at radius 2 is 2.20 bits per heavy atom. The summed E-state index contributed by atoms with van der Waals surface area (Å²) in [4.78, 5) is 10.2. The number of hydrogen-bond acceptors (Lipinski definition) is 2. The fraction of sp³-hybridized carbons (Fsp3) is 0.800. The van der Waals surface area contributed by atoms with Crippen molar-refractivity contribution < 1.29 is 14.3 Å². The topological polar surface area (TPSA) is 49.3 Å². The molecule has 0 aromatic rings. The third-order valence-electron chi connectivity index (χ3n) is 1.29. The molecule has 0 saturated carbocycles. The summed E-state index contributed by atoms with van der Waals surface area (Å²) < 4.78 is 11.8. The SMILES string of the molecule is CN[C@@](C)(C[18F])C(=O)O.Cl. The van der Waals surface area contributed by atoms with E-state index < -0.39 is 18.2 Å². The van der Waals surface area contributed by atoms with Crippen molar-refractivity contribution in [2.45, 2.75) is 12.5 Å². The lowest BCUT2D eigenvalue weighted by Crippen LogP contribution is -2.49. The number of rotatable bonds is 3. The van der Waals surface area contributed by atoms with Crippen LogP contribution in [-0.2, 0) is 4.79 Å². The molecule has 62 valence electrons. The van der Waals surface area contributed by atoms with Crippen molar-refractivity contribution in [2.75, 3.05) is 13.7 Å². The molecule has 0 aliphatic carbocycles. The van der Waals surface area contributed by atoms with Gasteiger partial charge in [0.2, 0.25) is 0 Å². The molecule has 0 heterocycles. The molecule has 2 N–H and O–H groups in total. The van der Waals surface area contributed by atoms with E-state index in [4.69, 9.17) is 5.11 Å². The van der Waals surface area contributed by atoms with Crippen LogP contribution in [-0.4, -0.2) is 30.3 Å². The Labute approximate surface area is 65.0 Å². The minimum absolute atomic E-state index is 0. The first-order valence-corrected chi connectivity index (χ1v) is 2.55. The molecule has 10 heavy (non-hydrogen) atoms. The summed E-state index contributed by atoms with van der Waals surface area (Å²) in [6.07, 6.45) is 0. The average Bonchev–Trinajstić information content (AvgIpc) is 1.86. The number of hydrogen-bond donors (Lipinski definition) is 2. The third kappa shape index (κ3) is 2.49. The zero-order valence-corrected chi connectivity index (χ0v) is 6.67. The quantitative estimate of drug-likeness (QED) is 0.646. The lowest BCUT2D eigenvalue weighted by molar-refractivity contribution is -0.144. The minimum Gasteiger partial charge on any atom is -0.480 e. The molecule has 0 aromatic carbocycles. The summed E-state index contributed by atoms with van der Waals surface area (Å²) in [6, 6.07) is 0. The van der Waals surface area contributed by atoms with Gasteiger partial charge in [0.15, 0.2) is 0 Å². The zero-order chi connectivity index (χ0) is 7.49. The van der Waals surface area contributed by atoms with Crippen LogP contribution in [0.5, 0.6) is 0 Å². The van der Waals surface area contributed by atoms with Gasteiger partial charge in [0.1, 0.15) is 12.2 Å². The number of carbonyl (C=O) groups is 1. The van der Waals surface area contributed by atoms with Gasteiger partial charge < -0.3 is 10.4 Å². The van der Waals surface area contributed by atoms with E-state index in [0.29, 0.717) is 0 Å². The van der Waals surface area contributed by atoms with Crippen LogP contribution in [0, 0.1) is 0 Å². The smallest absolute Gasteiger partial charge is 0.326 e. The predicted molar refractivity (Wildman–Crippen MR) is 38.3 cm³/mol. The fourth-order valence-electron chi connectivity index (χ4n) is 0.231. The molecule has 0 spiro atoms. The van der Waals surface area contributed by atoms with Gasteiger partial charge in [-0.15, -0.1) is 12.4 Å². The molecule has 0 fully saturated rings. The number of carboxylic acid groups (broad SMARTS) is 1. The highest BCUT2D eigenvalue weighted by Crippen LogP contribution is 2.02. The van der Waals surface area contributed by atoms with Crippen LogP contribution in [0.25, 0.3) is 0 Å². The molecule has 5 heteroatoms. The number of carboxylic acids is 1. The monoisotopic (exact) mass is 170 g/mol. The van der Waals surface area contributed by atoms with Gasteiger partial charge in [-0.1, -0.05) is 0 Å². The summed E-state index contributed by atoms with van der Waals surface area (Å²) in [6.45, 7) is 0.383. The van der Waals surface area contributed by atoms with Crippen molar-refractivity contribution in [3.63, 3.8) is 0 Å². The molecule has 0 rings (SSSR count). The molecule has 1 atom stereocenters. The van der Waals surface area contributed by atoms with Crippen molar-refractivity contribution in [1.82, 2.24) is 5.32 Å². The molecule has 0 saturated heterocycles. The lowest BCUT2D eigenvalue weighted by atomic mass is 10.1. The van der Waals surface area contributed by atoms with Crippen LogP contribution < -0.4 is 5.32 Å². The third-order valence-corrected chi connectivity index (χ3v) is 1.29. The maximum absolute atomic E-state index is 11.8. The maximum Gasteiger partial charge on any atom is 0.326 e. The normalized spacial score (nSPS) is 15.1. The molecule has 0 radical (unpaired) electrons. The summed E-state index contributed by atoms with van der Waals surface area (Å²) in [5.41, 5.74) is -1.42. The highest BCUT2D eigenvalue weighted by atomic mass is 35.5. The van der Waals surface area contributed by atoms with E-state index in [2.05, 4.69) is 5.32 Å². The Morgan fingerprint density at radius 1 is 1.80 bits per heavy atom. The Kier molecular flexibility index (Phi) is 5.51. The first-order valence-electron chi connectivity index (χ1n) is 2.55. The number of alkyl halides is 1. The van der Waals surface area contributed by atoms with Gasteiger partial charge in [-0.2, -0.15) is 0 Å². The summed E-state index contributed by atoms with van der Waals surface area (Å²) in [5, 5.41) is 10.7. The highest BCUT2D eigenvalue weighted by molar-refractivity contribution is 5.85. The molecule has 0 aromatic heterocycles. The van der Waals surface area contributed by atoms with Crippen molar-refractivity contribution >= 4 is 18.4 Å². The van der Waals surface area contributed by atoms with Crippen LogP contribution in [0.1, 0.15) is 6.92 Å². The van der Waals surface area contributed by atoms with Gasteiger partial charge in [0.05, 0.1) is 0 Å². The largest absolute Gasteiger partial charge is 0.480 e. The first kappa shape index (κ1) is 12.3. The van der Waals surface area contributed by atoms with Gasteiger partial charge in [-0.25, -0.2) is 4.39 Å². The Morgan fingerprint density at radius 3 is 2.20 bits per heavy atom. The number of aliphatic carboxylic acids is 1. The summed E-state index contributed by atoms with van der Waals surface area (Å²) in [7, 11) is 1.41. The van der Waals surface area contributed by atoms with Crippen molar-refractivity contribution in [3.05, 3.63) is 0 Å². The van der Waals surface area contributed by atoms with E-state index in [1.807, 2.05) is 0 Å². The predicted octanol–water partition coefficient (Wildman–Crippen LogP) is 0.440. The minimum atomic E-state index is -1.42. The van der Waals surface area contributed by atoms with Gasteiger partial charge >= 0.3 is 5.97 Å². The van der Waals surface area contributed by atoms with Crippen LogP contribution in [0.2, 0.25) is 0 Å². The Balaban J connectivity index is 0. The molecule has 0 bridgehead atoms. The first-order chi connectivity index (χ1) is 4.06. The standard InChI is InChI=1S/C5H10FNO2.ClH/c1-5(3-6,7-2)4(8)9;/h7H,3H2,1-2H3,(H,8,9);1H/t5-;/m0./s1/i6-1;. The summed E-state index contributed by atoms with van der Waals surface area (Å²) >= 11 is 0. The van der Waals surface area contributed by atoms with Crippen LogP contribution in [0.3, 0.4) is 0 Å². The van der Waals surface area contributed by atoms with E-state index in [0.717, 1.165) is 0 Å². The number of nitrogens with one attached hydrogen (secondary N) is 1. The average molecular weight is 171 g/mol. The van der Waals surface area contributed by atoms with E-state index >= 15 is 0 Å². The van der Waals surface area contributed by atoms with E-state index in [9.17, 15) is 9.18 Å². The molecule has 0 amide bonds. The van der Waals surface area contributed by atoms with Crippen LogP contribution in [0.4, 0.5) is 4.39 Å². The van der Waals surface area contributed by atoms with Crippen molar-refractivity contribution in [2.24, 2.45) is 0 Å².